The Morgan fingerprint density at radius 1 is 0.966 bits per heavy atom. The van der Waals surface area contributed by atoms with E-state index < -0.39 is 11.6 Å². The lowest BCUT2D eigenvalue weighted by atomic mass is 9.81. The number of piperazine rings is 1. The van der Waals surface area contributed by atoms with Crippen LogP contribution in [-0.4, -0.2) is 66.7 Å². The number of nitrogens with zero attached hydrogens (tertiary/aromatic N) is 2. The zero-order valence-electron chi connectivity index (χ0n) is 16.9. The predicted octanol–water partition coefficient (Wildman–Crippen LogP) is 2.53. The van der Waals surface area contributed by atoms with Gasteiger partial charge in [-0.15, -0.1) is 0 Å². The fraction of sp³-hybridized carbons (Fsp3) is 0.571. The topological polar surface area (TPSA) is 88.2 Å². The van der Waals surface area contributed by atoms with Crippen molar-refractivity contribution >= 4 is 18.1 Å². The Morgan fingerprint density at radius 3 is 2.21 bits per heavy atom. The molecule has 3 amide bonds. The molecule has 8 heteroatoms. The number of carbonyl (C=O) groups excluding carboxylic acids is 3. The first-order valence-corrected chi connectivity index (χ1v) is 10.2. The minimum absolute atomic E-state index is 0.190. The van der Waals surface area contributed by atoms with Crippen molar-refractivity contribution in [3.8, 4) is 0 Å². The average molecular weight is 403 g/mol. The third kappa shape index (κ3) is 5.19. The van der Waals surface area contributed by atoms with Crippen LogP contribution in [0.5, 0.6) is 0 Å². The van der Waals surface area contributed by atoms with Gasteiger partial charge in [0.2, 0.25) is 0 Å². The molecule has 1 N–H and O–H groups in total. The van der Waals surface area contributed by atoms with Gasteiger partial charge in [-0.2, -0.15) is 0 Å². The summed E-state index contributed by atoms with van der Waals surface area (Å²) in [6, 6.07) is 9.23. The summed E-state index contributed by atoms with van der Waals surface area (Å²) in [5, 5.41) is 2.97. The third-order valence-electron chi connectivity index (χ3n) is 5.66. The second-order valence-corrected chi connectivity index (χ2v) is 7.58. The van der Waals surface area contributed by atoms with Gasteiger partial charge in [0.15, 0.2) is 0 Å². The van der Waals surface area contributed by atoms with Gasteiger partial charge in [-0.1, -0.05) is 49.6 Å². The first-order valence-electron chi connectivity index (χ1n) is 10.2. The molecule has 29 heavy (non-hydrogen) atoms. The number of carbonyl (C=O) groups is 3. The van der Waals surface area contributed by atoms with Crippen LogP contribution in [0.15, 0.2) is 30.3 Å². The molecule has 0 unspecified atom stereocenters. The summed E-state index contributed by atoms with van der Waals surface area (Å²) >= 11 is 0. The average Bonchev–Trinajstić information content (AvgIpc) is 2.78. The van der Waals surface area contributed by atoms with Crippen LogP contribution in [-0.2, 0) is 20.9 Å². The summed E-state index contributed by atoms with van der Waals surface area (Å²) in [4.78, 5) is 40.7. The van der Waals surface area contributed by atoms with Crippen molar-refractivity contribution < 1.29 is 23.9 Å². The zero-order valence-corrected chi connectivity index (χ0v) is 16.9. The molecule has 1 aliphatic heterocycles. The summed E-state index contributed by atoms with van der Waals surface area (Å²) in [6.07, 6.45) is 3.55. The molecule has 2 aliphatic rings. The van der Waals surface area contributed by atoms with Crippen LogP contribution in [0.1, 0.15) is 37.7 Å². The van der Waals surface area contributed by atoms with Crippen molar-refractivity contribution in [3.63, 3.8) is 0 Å². The molecule has 0 atom stereocenters. The fourth-order valence-electron chi connectivity index (χ4n) is 3.90. The van der Waals surface area contributed by atoms with Crippen molar-refractivity contribution in [2.24, 2.45) is 0 Å². The maximum absolute atomic E-state index is 13.0. The minimum atomic E-state index is -0.983. The molecule has 1 aliphatic carbocycles. The quantitative estimate of drug-likeness (QED) is 0.781. The van der Waals surface area contributed by atoms with Gasteiger partial charge < -0.3 is 24.6 Å². The molecule has 0 spiro atoms. The molecule has 1 aromatic rings. The van der Waals surface area contributed by atoms with E-state index in [9.17, 15) is 14.4 Å². The Labute approximate surface area is 171 Å². The summed E-state index contributed by atoms with van der Waals surface area (Å²) in [7, 11) is 1.34. The van der Waals surface area contributed by atoms with E-state index in [1.54, 1.807) is 9.80 Å². The molecule has 0 bridgehead atoms. The van der Waals surface area contributed by atoms with Gasteiger partial charge in [0.25, 0.3) is 0 Å². The largest absolute Gasteiger partial charge is 0.459 e. The number of amides is 3. The summed E-state index contributed by atoms with van der Waals surface area (Å²) in [5.74, 6) is -0.373. The number of methoxy groups -OCH3 is 1. The monoisotopic (exact) mass is 403 g/mol. The third-order valence-corrected chi connectivity index (χ3v) is 5.66. The molecular formula is C21H29N3O5. The van der Waals surface area contributed by atoms with Crippen LogP contribution in [0, 0.1) is 0 Å². The first-order chi connectivity index (χ1) is 14.0. The highest BCUT2D eigenvalue weighted by atomic mass is 16.5. The number of hydrogen-bond acceptors (Lipinski definition) is 5. The zero-order chi connectivity index (χ0) is 20.7. The molecular weight excluding hydrogens is 374 g/mol. The molecule has 1 aromatic carbocycles. The van der Waals surface area contributed by atoms with Crippen molar-refractivity contribution in [2.75, 3.05) is 33.3 Å². The Balaban J connectivity index is 1.60. The number of hydrogen-bond donors (Lipinski definition) is 1. The Kier molecular flexibility index (Phi) is 6.95. The van der Waals surface area contributed by atoms with E-state index in [1.807, 2.05) is 30.3 Å². The standard InChI is InChI=1S/C21H29N3O5/c1-28-20(27)24-14-12-23(13-15-24)19(26)22-21(10-6-3-7-11-21)18(25)29-16-17-8-4-2-5-9-17/h2,4-5,8-9H,3,6-7,10-16H2,1H3,(H,22,26). The number of urea groups is 1. The Bertz CT molecular complexity index is 710. The SMILES string of the molecule is COC(=O)N1CCN(C(=O)NC2(C(=O)OCc3ccccc3)CCCCC2)CC1. The van der Waals surface area contributed by atoms with Crippen molar-refractivity contribution in [1.29, 1.82) is 0 Å². The van der Waals surface area contributed by atoms with Gasteiger partial charge in [0, 0.05) is 26.2 Å². The van der Waals surface area contributed by atoms with Gasteiger partial charge in [-0.25, -0.2) is 14.4 Å². The van der Waals surface area contributed by atoms with Crippen LogP contribution in [0.2, 0.25) is 0 Å². The van der Waals surface area contributed by atoms with Crippen LogP contribution < -0.4 is 5.32 Å². The molecule has 0 aromatic heterocycles. The highest BCUT2D eigenvalue weighted by Crippen LogP contribution is 2.30. The van der Waals surface area contributed by atoms with E-state index in [4.69, 9.17) is 9.47 Å². The predicted molar refractivity (Wildman–Crippen MR) is 106 cm³/mol. The number of rotatable bonds is 4. The van der Waals surface area contributed by atoms with Gasteiger partial charge in [0.1, 0.15) is 12.1 Å². The van der Waals surface area contributed by atoms with E-state index in [2.05, 4.69) is 5.32 Å². The highest BCUT2D eigenvalue weighted by Gasteiger charge is 2.43. The fourth-order valence-corrected chi connectivity index (χ4v) is 3.90. The first kappa shape index (κ1) is 21.0. The van der Waals surface area contributed by atoms with E-state index >= 15 is 0 Å². The smallest absolute Gasteiger partial charge is 0.409 e. The minimum Gasteiger partial charge on any atom is -0.459 e. The van der Waals surface area contributed by atoms with E-state index in [-0.39, 0.29) is 18.6 Å². The van der Waals surface area contributed by atoms with E-state index in [0.29, 0.717) is 39.0 Å². The molecule has 158 valence electrons. The van der Waals surface area contributed by atoms with Crippen LogP contribution in [0.3, 0.4) is 0 Å². The highest BCUT2D eigenvalue weighted by molar-refractivity contribution is 5.87. The maximum atomic E-state index is 13.0. The van der Waals surface area contributed by atoms with Gasteiger partial charge >= 0.3 is 18.1 Å². The van der Waals surface area contributed by atoms with Gasteiger partial charge in [-0.3, -0.25) is 0 Å². The van der Waals surface area contributed by atoms with Crippen molar-refractivity contribution in [3.05, 3.63) is 35.9 Å². The maximum Gasteiger partial charge on any atom is 0.409 e. The van der Waals surface area contributed by atoms with Crippen LogP contribution in [0.25, 0.3) is 0 Å². The van der Waals surface area contributed by atoms with Gasteiger partial charge in [-0.05, 0) is 18.4 Å². The van der Waals surface area contributed by atoms with Crippen molar-refractivity contribution in [2.45, 2.75) is 44.2 Å². The lowest BCUT2D eigenvalue weighted by molar-refractivity contribution is -0.154. The summed E-state index contributed by atoms with van der Waals surface area (Å²) < 4.78 is 10.3. The molecule has 1 heterocycles. The summed E-state index contributed by atoms with van der Waals surface area (Å²) in [6.45, 7) is 1.80. The summed E-state index contributed by atoms with van der Waals surface area (Å²) in [5.41, 5.74) is -0.0686. The van der Waals surface area contributed by atoms with Crippen LogP contribution >= 0.6 is 0 Å². The number of benzene rings is 1. The van der Waals surface area contributed by atoms with Gasteiger partial charge in [0.05, 0.1) is 7.11 Å². The van der Waals surface area contributed by atoms with E-state index in [0.717, 1.165) is 24.8 Å². The lowest BCUT2D eigenvalue weighted by Crippen LogP contribution is -2.61. The van der Waals surface area contributed by atoms with Crippen molar-refractivity contribution in [1.82, 2.24) is 15.1 Å². The molecule has 1 saturated heterocycles. The second kappa shape index (κ2) is 9.62. The molecule has 0 radical (unpaired) electrons. The van der Waals surface area contributed by atoms with Crippen LogP contribution in [0.4, 0.5) is 9.59 Å². The van der Waals surface area contributed by atoms with E-state index in [1.165, 1.54) is 7.11 Å². The molecule has 2 fully saturated rings. The molecule has 3 rings (SSSR count). The number of nitrogens with one attached hydrogen (secondary N) is 1. The number of esters is 1. The normalized spacial score (nSPS) is 18.7. The molecule has 8 nitrogen and oxygen atoms in total. The number of ether oxygens (including phenoxy) is 2. The Hall–Kier alpha value is -2.77. The molecule has 1 saturated carbocycles. The lowest BCUT2D eigenvalue weighted by Gasteiger charge is -2.39. The Morgan fingerprint density at radius 2 is 1.59 bits per heavy atom. The second-order valence-electron chi connectivity index (χ2n) is 7.58.